The molecule has 0 fully saturated rings. The van der Waals surface area contributed by atoms with E-state index in [9.17, 15) is 9.59 Å². The minimum atomic E-state index is -1.22. The van der Waals surface area contributed by atoms with Crippen LogP contribution in [0.1, 0.15) is 19.8 Å². The van der Waals surface area contributed by atoms with Gasteiger partial charge in [0.1, 0.15) is 0 Å². The van der Waals surface area contributed by atoms with Crippen LogP contribution in [0.5, 0.6) is 0 Å². The van der Waals surface area contributed by atoms with Crippen molar-refractivity contribution in [1.82, 2.24) is 0 Å². The lowest BCUT2D eigenvalue weighted by Gasteiger charge is -2.16. The van der Waals surface area contributed by atoms with Crippen LogP contribution in [-0.4, -0.2) is 61.7 Å². The standard InChI is InChI=1S/C11H20O8/c1-8(17-6-5-16-2)18-7-19-9(11(14)15)3-4-10(12)13/h8-9H,3-7H2,1-2H3,(H,12,13)(H,14,15). The third-order valence-electron chi connectivity index (χ3n) is 2.11. The van der Waals surface area contributed by atoms with Gasteiger partial charge in [-0.25, -0.2) is 4.79 Å². The molecular formula is C11H20O8. The number of aliphatic carboxylic acids is 2. The van der Waals surface area contributed by atoms with Crippen molar-refractivity contribution in [2.24, 2.45) is 0 Å². The first-order chi connectivity index (χ1) is 8.97. The SMILES string of the molecule is COCCOC(C)OCOC(CCC(=O)O)C(=O)O. The molecule has 8 nitrogen and oxygen atoms in total. The van der Waals surface area contributed by atoms with Crippen LogP contribution in [0.15, 0.2) is 0 Å². The van der Waals surface area contributed by atoms with E-state index >= 15 is 0 Å². The number of methoxy groups -OCH3 is 1. The number of carbonyl (C=O) groups is 2. The first-order valence-electron chi connectivity index (χ1n) is 5.75. The Morgan fingerprint density at radius 2 is 1.79 bits per heavy atom. The van der Waals surface area contributed by atoms with Crippen molar-refractivity contribution in [3.63, 3.8) is 0 Å². The van der Waals surface area contributed by atoms with Gasteiger partial charge in [0.25, 0.3) is 0 Å². The molecule has 8 heteroatoms. The molecule has 2 N–H and O–H groups in total. The molecule has 2 atom stereocenters. The first kappa shape index (κ1) is 17.8. The number of rotatable bonds is 12. The highest BCUT2D eigenvalue weighted by atomic mass is 16.8. The molecule has 112 valence electrons. The fraction of sp³-hybridized carbons (Fsp3) is 0.818. The van der Waals surface area contributed by atoms with Crippen LogP contribution < -0.4 is 0 Å². The van der Waals surface area contributed by atoms with Crippen LogP contribution in [-0.2, 0) is 28.5 Å². The highest BCUT2D eigenvalue weighted by Crippen LogP contribution is 2.04. The number of carboxylic acids is 2. The van der Waals surface area contributed by atoms with Gasteiger partial charge >= 0.3 is 11.9 Å². The summed E-state index contributed by atoms with van der Waals surface area (Å²) in [5.74, 6) is -2.30. The Balaban J connectivity index is 3.79. The van der Waals surface area contributed by atoms with Gasteiger partial charge in [-0.1, -0.05) is 0 Å². The fourth-order valence-electron chi connectivity index (χ4n) is 1.10. The van der Waals surface area contributed by atoms with Crippen LogP contribution in [0.2, 0.25) is 0 Å². The Morgan fingerprint density at radius 1 is 1.11 bits per heavy atom. The maximum atomic E-state index is 10.8. The smallest absolute Gasteiger partial charge is 0.332 e. The van der Waals surface area contributed by atoms with E-state index in [2.05, 4.69) is 0 Å². The highest BCUT2D eigenvalue weighted by Gasteiger charge is 2.19. The summed E-state index contributed by atoms with van der Waals surface area (Å²) in [6.07, 6.45) is -2.17. The van der Waals surface area contributed by atoms with Crippen LogP contribution in [0.25, 0.3) is 0 Å². The van der Waals surface area contributed by atoms with Gasteiger partial charge in [-0.3, -0.25) is 4.79 Å². The van der Waals surface area contributed by atoms with Crippen LogP contribution in [0.4, 0.5) is 0 Å². The number of carboxylic acid groups (broad SMARTS) is 2. The lowest BCUT2D eigenvalue weighted by atomic mass is 10.2. The monoisotopic (exact) mass is 280 g/mol. The molecule has 0 saturated heterocycles. The maximum absolute atomic E-state index is 10.8. The quantitative estimate of drug-likeness (QED) is 0.388. The minimum absolute atomic E-state index is 0.118. The van der Waals surface area contributed by atoms with E-state index in [0.717, 1.165) is 0 Å². The molecular weight excluding hydrogens is 260 g/mol. The van der Waals surface area contributed by atoms with Gasteiger partial charge in [0.15, 0.2) is 19.2 Å². The summed E-state index contributed by atoms with van der Waals surface area (Å²) in [7, 11) is 1.54. The largest absolute Gasteiger partial charge is 0.481 e. The average molecular weight is 280 g/mol. The number of hydrogen-bond acceptors (Lipinski definition) is 6. The number of hydrogen-bond donors (Lipinski definition) is 2. The molecule has 0 aromatic carbocycles. The van der Waals surface area contributed by atoms with Gasteiger partial charge in [0.05, 0.1) is 13.2 Å². The van der Waals surface area contributed by atoms with E-state index in [1.165, 1.54) is 7.11 Å². The van der Waals surface area contributed by atoms with Crippen molar-refractivity contribution in [3.8, 4) is 0 Å². The van der Waals surface area contributed by atoms with Crippen molar-refractivity contribution in [1.29, 1.82) is 0 Å². The highest BCUT2D eigenvalue weighted by molar-refractivity contribution is 5.74. The Bertz CT molecular complexity index is 267. The summed E-state index contributed by atoms with van der Waals surface area (Å²) < 4.78 is 19.9. The van der Waals surface area contributed by atoms with Gasteiger partial charge in [0, 0.05) is 13.5 Å². The molecule has 0 amide bonds. The summed E-state index contributed by atoms with van der Waals surface area (Å²) in [5, 5.41) is 17.3. The lowest BCUT2D eigenvalue weighted by molar-refractivity contribution is -0.207. The van der Waals surface area contributed by atoms with Crippen LogP contribution in [0.3, 0.4) is 0 Å². The zero-order valence-corrected chi connectivity index (χ0v) is 11.0. The molecule has 0 bridgehead atoms. The second-order valence-electron chi connectivity index (χ2n) is 3.64. The maximum Gasteiger partial charge on any atom is 0.332 e. The van der Waals surface area contributed by atoms with Gasteiger partial charge in [-0.05, 0) is 13.3 Å². The zero-order valence-electron chi connectivity index (χ0n) is 11.0. The van der Waals surface area contributed by atoms with Crippen molar-refractivity contribution >= 4 is 11.9 Å². The summed E-state index contributed by atoms with van der Waals surface area (Å²) in [6.45, 7) is 2.11. The zero-order chi connectivity index (χ0) is 14.7. The Labute approximate surface area is 111 Å². The molecule has 0 aliphatic rings. The second kappa shape index (κ2) is 10.7. The molecule has 0 heterocycles. The molecule has 19 heavy (non-hydrogen) atoms. The van der Waals surface area contributed by atoms with E-state index in [4.69, 9.17) is 29.2 Å². The Morgan fingerprint density at radius 3 is 2.32 bits per heavy atom. The van der Waals surface area contributed by atoms with E-state index in [-0.39, 0.29) is 19.6 Å². The van der Waals surface area contributed by atoms with Gasteiger partial charge in [-0.2, -0.15) is 0 Å². The van der Waals surface area contributed by atoms with Crippen LogP contribution >= 0.6 is 0 Å². The first-order valence-corrected chi connectivity index (χ1v) is 5.75. The third-order valence-corrected chi connectivity index (χ3v) is 2.11. The van der Waals surface area contributed by atoms with Crippen LogP contribution in [0, 0.1) is 0 Å². The molecule has 0 aliphatic carbocycles. The van der Waals surface area contributed by atoms with Gasteiger partial charge < -0.3 is 29.2 Å². The molecule has 2 unspecified atom stereocenters. The molecule has 0 aromatic rings. The number of ether oxygens (including phenoxy) is 4. The molecule has 0 spiro atoms. The van der Waals surface area contributed by atoms with E-state index < -0.39 is 24.3 Å². The van der Waals surface area contributed by atoms with E-state index in [1.807, 2.05) is 0 Å². The molecule has 0 radical (unpaired) electrons. The van der Waals surface area contributed by atoms with Crippen molar-refractivity contribution in [2.75, 3.05) is 27.1 Å². The summed E-state index contributed by atoms with van der Waals surface area (Å²) in [5.41, 5.74) is 0. The summed E-state index contributed by atoms with van der Waals surface area (Å²) in [4.78, 5) is 21.1. The second-order valence-corrected chi connectivity index (χ2v) is 3.64. The Hall–Kier alpha value is -1.22. The van der Waals surface area contributed by atoms with E-state index in [1.54, 1.807) is 6.92 Å². The molecule has 0 saturated carbocycles. The lowest BCUT2D eigenvalue weighted by Crippen LogP contribution is -2.27. The van der Waals surface area contributed by atoms with Crippen molar-refractivity contribution in [2.45, 2.75) is 32.2 Å². The molecule has 0 aromatic heterocycles. The average Bonchev–Trinajstić information content (AvgIpc) is 2.33. The third kappa shape index (κ3) is 10.4. The van der Waals surface area contributed by atoms with Crippen molar-refractivity contribution in [3.05, 3.63) is 0 Å². The van der Waals surface area contributed by atoms with Gasteiger partial charge in [-0.15, -0.1) is 0 Å². The molecule has 0 rings (SSSR count). The topological polar surface area (TPSA) is 112 Å². The summed E-state index contributed by atoms with van der Waals surface area (Å²) >= 11 is 0. The van der Waals surface area contributed by atoms with Crippen molar-refractivity contribution < 1.29 is 38.7 Å². The van der Waals surface area contributed by atoms with Gasteiger partial charge in [0.2, 0.25) is 0 Å². The predicted molar refractivity (Wildman–Crippen MR) is 62.6 cm³/mol. The Kier molecular flexibility index (Phi) is 9.99. The molecule has 0 aliphatic heterocycles. The van der Waals surface area contributed by atoms with E-state index in [0.29, 0.717) is 13.2 Å². The minimum Gasteiger partial charge on any atom is -0.481 e. The summed E-state index contributed by atoms with van der Waals surface area (Å²) in [6, 6.07) is 0. The predicted octanol–water partition coefficient (Wildman–Crippen LogP) is 0.304. The fourth-order valence-corrected chi connectivity index (χ4v) is 1.10. The normalized spacial score (nSPS) is 14.0.